The Balaban J connectivity index is 1.37. The molecule has 0 radical (unpaired) electrons. The highest BCUT2D eigenvalue weighted by Gasteiger charge is 2.52. The molecule has 0 amide bonds. The quantitative estimate of drug-likeness (QED) is 0.189. The van der Waals surface area contributed by atoms with Gasteiger partial charge in [-0.2, -0.15) is 5.26 Å². The molecule has 0 atom stereocenters. The van der Waals surface area contributed by atoms with Gasteiger partial charge in [-0.15, -0.1) is 0 Å². The van der Waals surface area contributed by atoms with Crippen molar-refractivity contribution >= 4 is 38.6 Å². The summed E-state index contributed by atoms with van der Waals surface area (Å²) in [5.74, 6) is 0.430. The summed E-state index contributed by atoms with van der Waals surface area (Å²) in [5.41, 5.74) is 15.2. The van der Waals surface area contributed by atoms with Crippen LogP contribution in [0.15, 0.2) is 164 Å². The Bertz CT molecular complexity index is 2680. The Kier molecular flexibility index (Phi) is 6.38. The molecular formula is C49H34N2. The fourth-order valence-electron chi connectivity index (χ4n) is 9.04. The van der Waals surface area contributed by atoms with E-state index in [2.05, 4.69) is 176 Å². The third-order valence-corrected chi connectivity index (χ3v) is 11.3. The van der Waals surface area contributed by atoms with Crippen LogP contribution in [0.2, 0.25) is 0 Å². The first kappa shape index (κ1) is 29.5. The van der Waals surface area contributed by atoms with E-state index in [1.54, 1.807) is 0 Å². The predicted molar refractivity (Wildman–Crippen MR) is 211 cm³/mol. The van der Waals surface area contributed by atoms with Gasteiger partial charge in [-0.05, 0) is 115 Å². The summed E-state index contributed by atoms with van der Waals surface area (Å²) in [6.45, 7) is 4.47. The largest absolute Gasteiger partial charge is 0.310 e. The van der Waals surface area contributed by atoms with Gasteiger partial charge >= 0.3 is 0 Å². The molecule has 2 aliphatic carbocycles. The van der Waals surface area contributed by atoms with Gasteiger partial charge < -0.3 is 4.90 Å². The smallest absolute Gasteiger partial charge is 0.0991 e. The van der Waals surface area contributed by atoms with E-state index in [-0.39, 0.29) is 0 Å². The van der Waals surface area contributed by atoms with Crippen LogP contribution >= 0.6 is 0 Å². The number of rotatable bonds is 4. The Morgan fingerprint density at radius 1 is 0.510 bits per heavy atom. The summed E-state index contributed by atoms with van der Waals surface area (Å²) in [6, 6.07) is 62.3. The number of nitrogens with zero attached hydrogens (tertiary/aromatic N) is 2. The summed E-state index contributed by atoms with van der Waals surface area (Å²) in [6.07, 6.45) is 0. The average Bonchev–Trinajstić information content (AvgIpc) is 3.66. The van der Waals surface area contributed by atoms with Gasteiger partial charge in [0.15, 0.2) is 0 Å². The van der Waals surface area contributed by atoms with Gasteiger partial charge in [-0.1, -0.05) is 135 Å². The maximum atomic E-state index is 9.71. The average molecular weight is 651 g/mol. The van der Waals surface area contributed by atoms with Crippen LogP contribution in [0, 0.1) is 11.3 Å². The fraction of sp³-hybridized carbons (Fsp3) is 0.0816. The molecule has 0 fully saturated rings. The van der Waals surface area contributed by atoms with E-state index in [4.69, 9.17) is 0 Å². The number of anilines is 3. The molecule has 0 bridgehead atoms. The van der Waals surface area contributed by atoms with Crippen molar-refractivity contribution < 1.29 is 0 Å². The van der Waals surface area contributed by atoms with E-state index >= 15 is 0 Å². The molecule has 1 spiro atoms. The highest BCUT2D eigenvalue weighted by molar-refractivity contribution is 6.16. The Morgan fingerprint density at radius 3 is 1.71 bits per heavy atom. The van der Waals surface area contributed by atoms with E-state index in [1.165, 1.54) is 71.6 Å². The number of hydrogen-bond donors (Lipinski definition) is 0. The summed E-state index contributed by atoms with van der Waals surface area (Å²) in [7, 11) is 0. The summed E-state index contributed by atoms with van der Waals surface area (Å²) >= 11 is 0. The van der Waals surface area contributed by atoms with Gasteiger partial charge in [0, 0.05) is 16.8 Å². The maximum absolute atomic E-state index is 9.71. The van der Waals surface area contributed by atoms with Crippen LogP contribution in [0.3, 0.4) is 0 Å². The van der Waals surface area contributed by atoms with E-state index in [0.29, 0.717) is 11.5 Å². The van der Waals surface area contributed by atoms with Gasteiger partial charge in [0.1, 0.15) is 0 Å². The van der Waals surface area contributed by atoms with Gasteiger partial charge in [-0.3, -0.25) is 0 Å². The molecule has 10 rings (SSSR count). The molecule has 2 nitrogen and oxygen atoms in total. The van der Waals surface area contributed by atoms with Crippen molar-refractivity contribution in [2.24, 2.45) is 0 Å². The molecule has 240 valence electrons. The van der Waals surface area contributed by atoms with E-state index in [1.807, 2.05) is 12.1 Å². The second kappa shape index (κ2) is 11.0. The summed E-state index contributed by atoms with van der Waals surface area (Å²) in [5, 5.41) is 14.7. The van der Waals surface area contributed by atoms with Gasteiger partial charge in [-0.25, -0.2) is 0 Å². The highest BCUT2D eigenvalue weighted by atomic mass is 15.1. The highest BCUT2D eigenvalue weighted by Crippen LogP contribution is 2.65. The topological polar surface area (TPSA) is 27.0 Å². The van der Waals surface area contributed by atoms with Crippen LogP contribution in [-0.2, 0) is 5.41 Å². The van der Waals surface area contributed by atoms with Crippen molar-refractivity contribution in [3.05, 3.63) is 197 Å². The van der Waals surface area contributed by atoms with Crippen LogP contribution in [-0.4, -0.2) is 0 Å². The second-order valence-corrected chi connectivity index (χ2v) is 14.2. The lowest BCUT2D eigenvalue weighted by atomic mass is 9.70. The van der Waals surface area contributed by atoms with Crippen LogP contribution in [0.5, 0.6) is 0 Å². The Morgan fingerprint density at radius 2 is 1.06 bits per heavy atom. The molecule has 0 unspecified atom stereocenters. The lowest BCUT2D eigenvalue weighted by molar-refractivity contribution is 0.795. The molecule has 0 aromatic heterocycles. The van der Waals surface area contributed by atoms with Gasteiger partial charge in [0.25, 0.3) is 0 Å². The predicted octanol–water partition coefficient (Wildman–Crippen LogP) is 12.8. The lowest BCUT2D eigenvalue weighted by Gasteiger charge is -2.33. The van der Waals surface area contributed by atoms with Crippen LogP contribution < -0.4 is 4.90 Å². The van der Waals surface area contributed by atoms with Crippen molar-refractivity contribution in [3.8, 4) is 28.3 Å². The van der Waals surface area contributed by atoms with Crippen LogP contribution in [0.25, 0.3) is 43.8 Å². The van der Waals surface area contributed by atoms with Crippen molar-refractivity contribution in [3.63, 3.8) is 0 Å². The minimum Gasteiger partial charge on any atom is -0.310 e. The first-order valence-corrected chi connectivity index (χ1v) is 17.8. The second-order valence-electron chi connectivity index (χ2n) is 14.2. The molecular weight excluding hydrogens is 617 g/mol. The van der Waals surface area contributed by atoms with Crippen molar-refractivity contribution in [2.75, 3.05) is 4.90 Å². The number of nitriles is 1. The van der Waals surface area contributed by atoms with Crippen molar-refractivity contribution in [2.45, 2.75) is 25.2 Å². The fourth-order valence-corrected chi connectivity index (χ4v) is 9.04. The molecule has 2 aliphatic rings. The third-order valence-electron chi connectivity index (χ3n) is 11.3. The summed E-state index contributed by atoms with van der Waals surface area (Å²) in [4.78, 5) is 2.38. The van der Waals surface area contributed by atoms with E-state index in [9.17, 15) is 5.26 Å². The zero-order valence-corrected chi connectivity index (χ0v) is 28.6. The SMILES string of the molecule is CC(C)c1ccc(N(c2ccc(C#N)cc2)c2cc3c(c4ccccc24)-c2c(ccc4ccccc24)C32c3ccccc3-c3ccccc32)cc1. The number of benzene rings is 8. The number of fused-ring (bicyclic) bond motifs is 14. The van der Waals surface area contributed by atoms with Crippen LogP contribution in [0.1, 0.15) is 53.1 Å². The minimum absolute atomic E-state index is 0.430. The first-order valence-electron chi connectivity index (χ1n) is 17.8. The lowest BCUT2D eigenvalue weighted by Crippen LogP contribution is -2.26. The standard InChI is InChI=1S/C49H34N2/c1-31(2)33-21-26-36(27-22-33)51(35-24-19-32(30-50)20-25-35)46-29-45-48(41-16-6-5-15-40(41)46)47-37-12-4-3-11-34(37)23-28-44(47)49(45)42-17-9-7-13-38(42)39-14-8-10-18-43(39)49/h3-29,31H,1-2H3. The van der Waals surface area contributed by atoms with Gasteiger partial charge in [0.05, 0.1) is 22.7 Å². The monoisotopic (exact) mass is 650 g/mol. The Hall–Kier alpha value is -6.43. The normalized spacial score (nSPS) is 13.2. The molecule has 0 saturated carbocycles. The molecule has 0 aliphatic heterocycles. The van der Waals surface area contributed by atoms with Gasteiger partial charge in [0.2, 0.25) is 0 Å². The van der Waals surface area contributed by atoms with Crippen molar-refractivity contribution in [1.29, 1.82) is 5.26 Å². The zero-order chi connectivity index (χ0) is 34.3. The minimum atomic E-state index is -0.501. The zero-order valence-electron chi connectivity index (χ0n) is 28.6. The first-order chi connectivity index (χ1) is 25.1. The van der Waals surface area contributed by atoms with E-state index in [0.717, 1.165) is 17.1 Å². The molecule has 8 aromatic rings. The molecule has 2 heteroatoms. The molecule has 0 N–H and O–H groups in total. The third kappa shape index (κ3) is 4.04. The molecule has 51 heavy (non-hydrogen) atoms. The number of hydrogen-bond acceptors (Lipinski definition) is 2. The maximum Gasteiger partial charge on any atom is 0.0991 e. The van der Waals surface area contributed by atoms with Crippen molar-refractivity contribution in [1.82, 2.24) is 0 Å². The Labute approximate surface area is 298 Å². The molecule has 0 saturated heterocycles. The molecule has 8 aromatic carbocycles. The summed E-state index contributed by atoms with van der Waals surface area (Å²) < 4.78 is 0. The van der Waals surface area contributed by atoms with Crippen LogP contribution in [0.4, 0.5) is 17.1 Å². The molecule has 0 heterocycles. The van der Waals surface area contributed by atoms with E-state index < -0.39 is 5.41 Å².